The van der Waals surface area contributed by atoms with Crippen molar-refractivity contribution in [1.82, 2.24) is 5.32 Å². The Hall–Kier alpha value is -3.26. The summed E-state index contributed by atoms with van der Waals surface area (Å²) in [6.45, 7) is 3.80. The van der Waals surface area contributed by atoms with E-state index in [1.54, 1.807) is 44.6 Å². The minimum Gasteiger partial charge on any atom is -0.497 e. The fourth-order valence-electron chi connectivity index (χ4n) is 2.92. The number of hydrogen-bond acceptors (Lipinski definition) is 6. The molecule has 31 heavy (non-hydrogen) atoms. The normalized spacial score (nSPS) is 14.7. The quantitative estimate of drug-likeness (QED) is 0.666. The van der Waals surface area contributed by atoms with Gasteiger partial charge >= 0.3 is 0 Å². The molecule has 8 heteroatoms. The Morgan fingerprint density at radius 3 is 2.48 bits per heavy atom. The third kappa shape index (κ3) is 5.67. The molecular formula is C23H25N3O4S. The van der Waals surface area contributed by atoms with Crippen LogP contribution >= 0.6 is 11.8 Å². The molecule has 0 radical (unpaired) electrons. The molecule has 0 unspecified atom stereocenters. The molecule has 0 bridgehead atoms. The van der Waals surface area contributed by atoms with E-state index in [4.69, 9.17) is 9.47 Å². The smallest absolute Gasteiger partial charge is 0.283 e. The zero-order chi connectivity index (χ0) is 22.4. The summed E-state index contributed by atoms with van der Waals surface area (Å²) in [4.78, 5) is 31.4. The van der Waals surface area contributed by atoms with Crippen molar-refractivity contribution in [2.75, 3.05) is 24.9 Å². The van der Waals surface area contributed by atoms with Crippen molar-refractivity contribution in [1.29, 1.82) is 0 Å². The molecule has 0 fully saturated rings. The second-order valence-electron chi connectivity index (χ2n) is 7.05. The van der Waals surface area contributed by atoms with E-state index >= 15 is 0 Å². The predicted molar refractivity (Wildman–Crippen MR) is 125 cm³/mol. The molecule has 1 aliphatic heterocycles. The lowest BCUT2D eigenvalue weighted by atomic mass is 10.2. The van der Waals surface area contributed by atoms with E-state index in [0.29, 0.717) is 22.3 Å². The molecule has 2 aromatic carbocycles. The molecule has 0 spiro atoms. The molecule has 162 valence electrons. The number of nitrogens with one attached hydrogen (secondary N) is 1. The van der Waals surface area contributed by atoms with Crippen LogP contribution in [0.5, 0.6) is 11.5 Å². The van der Waals surface area contributed by atoms with Gasteiger partial charge in [0.2, 0.25) is 5.91 Å². The second kappa shape index (κ2) is 10.2. The number of hydrogen-bond donors (Lipinski definition) is 1. The zero-order valence-electron chi connectivity index (χ0n) is 17.9. The van der Waals surface area contributed by atoms with Gasteiger partial charge in [-0.25, -0.2) is 4.99 Å². The summed E-state index contributed by atoms with van der Waals surface area (Å²) in [5.41, 5.74) is 1.74. The summed E-state index contributed by atoms with van der Waals surface area (Å²) in [5.74, 6) is 1.12. The van der Waals surface area contributed by atoms with E-state index in [0.717, 1.165) is 11.3 Å². The summed E-state index contributed by atoms with van der Waals surface area (Å²) < 4.78 is 10.5. The molecular weight excluding hydrogens is 414 g/mol. The summed E-state index contributed by atoms with van der Waals surface area (Å²) in [6, 6.07) is 14.6. The van der Waals surface area contributed by atoms with E-state index < -0.39 is 0 Å². The van der Waals surface area contributed by atoms with Crippen LogP contribution in [-0.4, -0.2) is 43.0 Å². The number of methoxy groups -OCH3 is 2. The Bertz CT molecular complexity index is 1020. The van der Waals surface area contributed by atoms with Crippen molar-refractivity contribution in [2.24, 2.45) is 4.99 Å². The number of carbonyl (C=O) groups is 2. The van der Waals surface area contributed by atoms with Crippen LogP contribution in [0.25, 0.3) is 6.08 Å². The number of aliphatic imine (C=N–C) groups is 1. The summed E-state index contributed by atoms with van der Waals surface area (Å²) in [6.07, 6.45) is 1.72. The van der Waals surface area contributed by atoms with Crippen LogP contribution in [0.3, 0.4) is 0 Å². The molecule has 1 N–H and O–H groups in total. The van der Waals surface area contributed by atoms with Crippen LogP contribution in [-0.2, 0) is 9.59 Å². The van der Waals surface area contributed by atoms with Crippen molar-refractivity contribution < 1.29 is 19.1 Å². The molecule has 2 amide bonds. The molecule has 7 nitrogen and oxygen atoms in total. The van der Waals surface area contributed by atoms with Gasteiger partial charge in [-0.2, -0.15) is 0 Å². The van der Waals surface area contributed by atoms with E-state index in [1.165, 1.54) is 16.7 Å². The maximum Gasteiger partial charge on any atom is 0.283 e. The lowest BCUT2D eigenvalue weighted by molar-refractivity contribution is -0.119. The van der Waals surface area contributed by atoms with E-state index in [-0.39, 0.29) is 23.6 Å². The van der Waals surface area contributed by atoms with Crippen LogP contribution in [0, 0.1) is 0 Å². The molecule has 0 aliphatic carbocycles. The number of amidine groups is 1. The summed E-state index contributed by atoms with van der Waals surface area (Å²) in [7, 11) is 3.17. The summed E-state index contributed by atoms with van der Waals surface area (Å²) >= 11 is 1.22. The van der Waals surface area contributed by atoms with Crippen LogP contribution in [0.15, 0.2) is 59.2 Å². The van der Waals surface area contributed by atoms with Crippen LogP contribution in [0.2, 0.25) is 0 Å². The first-order valence-electron chi connectivity index (χ1n) is 9.76. The van der Waals surface area contributed by atoms with Crippen molar-refractivity contribution in [2.45, 2.75) is 19.9 Å². The first-order chi connectivity index (χ1) is 14.9. The number of anilines is 1. The van der Waals surface area contributed by atoms with E-state index in [9.17, 15) is 9.59 Å². The first kappa shape index (κ1) is 22.4. The number of ether oxygens (including phenoxy) is 2. The molecule has 0 saturated carbocycles. The average molecular weight is 440 g/mol. The maximum atomic E-state index is 13.2. The third-order valence-corrected chi connectivity index (χ3v) is 5.28. The molecule has 0 saturated heterocycles. The molecule has 2 aromatic rings. The SMILES string of the molecule is COc1ccc(/C=C2\N=C(SCC(=O)NC(C)C)N(c3cccc(OC)c3)C2=O)cc1. The highest BCUT2D eigenvalue weighted by atomic mass is 32.2. The maximum absolute atomic E-state index is 13.2. The van der Waals surface area contributed by atoms with Crippen molar-refractivity contribution >= 4 is 40.5 Å². The van der Waals surface area contributed by atoms with Gasteiger partial charge in [-0.15, -0.1) is 0 Å². The number of amides is 2. The standard InChI is InChI=1S/C23H25N3O4S/c1-15(2)24-21(27)14-31-23-25-20(12-16-8-10-18(29-3)11-9-16)22(28)26(23)17-6-5-7-19(13-17)30-4/h5-13,15H,14H2,1-4H3,(H,24,27)/b20-12-. The third-order valence-electron chi connectivity index (χ3n) is 4.34. The molecule has 1 aliphatic rings. The largest absolute Gasteiger partial charge is 0.497 e. The molecule has 1 heterocycles. The zero-order valence-corrected chi connectivity index (χ0v) is 18.7. The van der Waals surface area contributed by atoms with E-state index in [2.05, 4.69) is 10.3 Å². The molecule has 0 atom stereocenters. The number of rotatable bonds is 7. The minimum atomic E-state index is -0.268. The highest BCUT2D eigenvalue weighted by Crippen LogP contribution is 2.31. The second-order valence-corrected chi connectivity index (χ2v) is 7.99. The van der Waals surface area contributed by atoms with Gasteiger partial charge < -0.3 is 14.8 Å². The van der Waals surface area contributed by atoms with Gasteiger partial charge in [0.05, 0.1) is 25.7 Å². The highest BCUT2D eigenvalue weighted by molar-refractivity contribution is 8.14. The fourth-order valence-corrected chi connectivity index (χ4v) is 3.75. The Labute approximate surface area is 186 Å². The summed E-state index contributed by atoms with van der Waals surface area (Å²) in [5, 5.41) is 3.29. The minimum absolute atomic E-state index is 0.0419. The monoisotopic (exact) mass is 439 g/mol. The lowest BCUT2D eigenvalue weighted by Crippen LogP contribution is -2.34. The van der Waals surface area contributed by atoms with Gasteiger partial charge in [0.1, 0.15) is 17.2 Å². The van der Waals surface area contributed by atoms with Gasteiger partial charge in [0.25, 0.3) is 5.91 Å². The average Bonchev–Trinajstić information content (AvgIpc) is 3.07. The highest BCUT2D eigenvalue weighted by Gasteiger charge is 2.32. The van der Waals surface area contributed by atoms with Crippen LogP contribution in [0.1, 0.15) is 19.4 Å². The van der Waals surface area contributed by atoms with Crippen LogP contribution < -0.4 is 19.7 Å². The predicted octanol–water partition coefficient (Wildman–Crippen LogP) is 3.71. The Balaban J connectivity index is 1.91. The van der Waals surface area contributed by atoms with Gasteiger partial charge in [0.15, 0.2) is 5.17 Å². The van der Waals surface area contributed by atoms with Crippen LogP contribution in [0.4, 0.5) is 5.69 Å². The first-order valence-corrected chi connectivity index (χ1v) is 10.7. The Morgan fingerprint density at radius 2 is 1.84 bits per heavy atom. The van der Waals surface area contributed by atoms with Gasteiger partial charge in [-0.05, 0) is 49.8 Å². The lowest BCUT2D eigenvalue weighted by Gasteiger charge is -2.18. The van der Waals surface area contributed by atoms with Crippen molar-refractivity contribution in [3.05, 3.63) is 59.8 Å². The van der Waals surface area contributed by atoms with Gasteiger partial charge in [-0.3, -0.25) is 14.5 Å². The van der Waals surface area contributed by atoms with Crippen molar-refractivity contribution in [3.63, 3.8) is 0 Å². The topological polar surface area (TPSA) is 80.2 Å². The van der Waals surface area contributed by atoms with Gasteiger partial charge in [0, 0.05) is 12.1 Å². The molecule has 0 aromatic heterocycles. The fraction of sp³-hybridized carbons (Fsp3) is 0.261. The number of benzene rings is 2. The number of carbonyl (C=O) groups excluding carboxylic acids is 2. The van der Waals surface area contributed by atoms with Gasteiger partial charge in [-0.1, -0.05) is 30.0 Å². The van der Waals surface area contributed by atoms with E-state index in [1.807, 2.05) is 38.1 Å². The Morgan fingerprint density at radius 1 is 1.13 bits per heavy atom. The number of thioether (sulfide) groups is 1. The van der Waals surface area contributed by atoms with Crippen molar-refractivity contribution in [3.8, 4) is 11.5 Å². The number of nitrogens with zero attached hydrogens (tertiary/aromatic N) is 2. The Kier molecular flexibility index (Phi) is 7.36. The molecule has 3 rings (SSSR count).